The van der Waals surface area contributed by atoms with Crippen molar-refractivity contribution in [1.29, 1.82) is 0 Å². The number of rotatable bonds is 5. The molecule has 1 saturated heterocycles. The highest BCUT2D eigenvalue weighted by molar-refractivity contribution is 7.15. The second kappa shape index (κ2) is 7.09. The van der Waals surface area contributed by atoms with Gasteiger partial charge in [-0.2, -0.15) is 0 Å². The second-order valence-corrected chi connectivity index (χ2v) is 6.74. The average Bonchev–Trinajstić information content (AvgIpc) is 3.21. The van der Waals surface area contributed by atoms with Gasteiger partial charge in [0.15, 0.2) is 0 Å². The van der Waals surface area contributed by atoms with Crippen LogP contribution in [0, 0.1) is 0 Å². The topological polar surface area (TPSA) is 75.2 Å². The smallest absolute Gasteiger partial charge is 0.227 e. The predicted octanol–water partition coefficient (Wildman–Crippen LogP) is 2.97. The van der Waals surface area contributed by atoms with Gasteiger partial charge in [0, 0.05) is 31.0 Å². The van der Waals surface area contributed by atoms with Crippen LogP contribution in [0.4, 0.5) is 10.8 Å². The summed E-state index contributed by atoms with van der Waals surface area (Å²) in [7, 11) is 0. The number of hydrogen-bond acceptors (Lipinski definition) is 5. The number of hydrogen-bond donors (Lipinski definition) is 1. The zero-order valence-electron chi connectivity index (χ0n) is 13.8. The van der Waals surface area contributed by atoms with E-state index in [-0.39, 0.29) is 17.7 Å². The van der Waals surface area contributed by atoms with Crippen molar-refractivity contribution in [3.63, 3.8) is 0 Å². The van der Waals surface area contributed by atoms with Gasteiger partial charge in [-0.15, -0.1) is 10.2 Å². The summed E-state index contributed by atoms with van der Waals surface area (Å²) in [6.07, 6.45) is 1.71. The number of para-hydroxylation sites is 1. The molecule has 1 N–H and O–H groups in total. The van der Waals surface area contributed by atoms with E-state index in [1.165, 1.54) is 16.9 Å². The van der Waals surface area contributed by atoms with Gasteiger partial charge in [0.1, 0.15) is 5.01 Å². The molecule has 1 atom stereocenters. The van der Waals surface area contributed by atoms with E-state index in [2.05, 4.69) is 28.5 Å². The summed E-state index contributed by atoms with van der Waals surface area (Å²) in [5, 5.41) is 12.2. The van der Waals surface area contributed by atoms with Crippen LogP contribution in [0.25, 0.3) is 0 Å². The predicted molar refractivity (Wildman–Crippen MR) is 94.4 cm³/mol. The molecule has 1 aromatic heterocycles. The first-order chi connectivity index (χ1) is 11.6. The van der Waals surface area contributed by atoms with E-state index in [1.807, 2.05) is 23.1 Å². The van der Waals surface area contributed by atoms with Gasteiger partial charge in [-0.25, -0.2) is 0 Å². The van der Waals surface area contributed by atoms with Crippen LogP contribution in [0.3, 0.4) is 0 Å². The first-order valence-electron chi connectivity index (χ1n) is 8.13. The van der Waals surface area contributed by atoms with Crippen LogP contribution in [-0.4, -0.2) is 28.6 Å². The lowest BCUT2D eigenvalue weighted by Gasteiger charge is -2.19. The lowest BCUT2D eigenvalue weighted by atomic mass is 10.1. The highest BCUT2D eigenvalue weighted by Gasteiger charge is 2.34. The Labute approximate surface area is 144 Å². The van der Waals surface area contributed by atoms with Crippen molar-refractivity contribution >= 4 is 34.0 Å². The van der Waals surface area contributed by atoms with E-state index >= 15 is 0 Å². The van der Waals surface area contributed by atoms with E-state index in [1.54, 1.807) is 6.92 Å². The normalized spacial score (nSPS) is 17.3. The number of amides is 2. The van der Waals surface area contributed by atoms with Crippen LogP contribution < -0.4 is 10.2 Å². The SMILES string of the molecule is CCC(=O)Nc1nnc([C@@H]2CC(=O)N(c3ccccc3CC)C2)s1. The molecule has 126 valence electrons. The fraction of sp³-hybridized carbons (Fsp3) is 0.412. The Hall–Kier alpha value is -2.28. The first kappa shape index (κ1) is 16.6. The number of aromatic nitrogens is 2. The molecule has 1 fully saturated rings. The Bertz CT molecular complexity index is 759. The van der Waals surface area contributed by atoms with Crippen molar-refractivity contribution in [3.05, 3.63) is 34.8 Å². The van der Waals surface area contributed by atoms with Crippen molar-refractivity contribution < 1.29 is 9.59 Å². The van der Waals surface area contributed by atoms with Crippen molar-refractivity contribution in [2.24, 2.45) is 0 Å². The van der Waals surface area contributed by atoms with Gasteiger partial charge >= 0.3 is 0 Å². The Kier molecular flexibility index (Phi) is 4.89. The number of carbonyl (C=O) groups excluding carboxylic acids is 2. The zero-order chi connectivity index (χ0) is 17.1. The van der Waals surface area contributed by atoms with Gasteiger partial charge < -0.3 is 10.2 Å². The molecule has 1 aliphatic heterocycles. The molecule has 7 heteroatoms. The summed E-state index contributed by atoms with van der Waals surface area (Å²) in [6, 6.07) is 8.00. The molecular weight excluding hydrogens is 324 g/mol. The molecule has 1 aromatic carbocycles. The third-order valence-corrected chi connectivity index (χ3v) is 5.15. The van der Waals surface area contributed by atoms with Gasteiger partial charge in [-0.1, -0.05) is 43.4 Å². The fourth-order valence-corrected chi connectivity index (χ4v) is 3.69. The third-order valence-electron chi connectivity index (χ3n) is 4.15. The molecule has 6 nitrogen and oxygen atoms in total. The zero-order valence-corrected chi connectivity index (χ0v) is 14.6. The molecule has 2 aromatic rings. The van der Waals surface area contributed by atoms with E-state index in [0.29, 0.717) is 24.5 Å². The van der Waals surface area contributed by atoms with E-state index in [4.69, 9.17) is 0 Å². The van der Waals surface area contributed by atoms with Gasteiger partial charge in [0.25, 0.3) is 0 Å². The summed E-state index contributed by atoms with van der Waals surface area (Å²) in [5.74, 6) is 0.0427. The summed E-state index contributed by atoms with van der Waals surface area (Å²) < 4.78 is 0. The van der Waals surface area contributed by atoms with E-state index in [9.17, 15) is 9.59 Å². The van der Waals surface area contributed by atoms with Gasteiger partial charge in [-0.3, -0.25) is 9.59 Å². The monoisotopic (exact) mass is 344 g/mol. The number of nitrogens with one attached hydrogen (secondary N) is 1. The Morgan fingerprint density at radius 2 is 2.12 bits per heavy atom. The highest BCUT2D eigenvalue weighted by atomic mass is 32.1. The lowest BCUT2D eigenvalue weighted by molar-refractivity contribution is -0.117. The van der Waals surface area contributed by atoms with Crippen LogP contribution in [-0.2, 0) is 16.0 Å². The lowest BCUT2D eigenvalue weighted by Crippen LogP contribution is -2.25. The second-order valence-electron chi connectivity index (χ2n) is 5.73. The van der Waals surface area contributed by atoms with Crippen LogP contribution in [0.5, 0.6) is 0 Å². The maximum atomic E-state index is 12.5. The van der Waals surface area contributed by atoms with Gasteiger partial charge in [0.05, 0.1) is 0 Å². The van der Waals surface area contributed by atoms with Gasteiger partial charge in [0.2, 0.25) is 16.9 Å². The summed E-state index contributed by atoms with van der Waals surface area (Å²) in [5.41, 5.74) is 2.15. The molecule has 2 heterocycles. The summed E-state index contributed by atoms with van der Waals surface area (Å²) in [6.45, 7) is 4.48. The van der Waals surface area contributed by atoms with Gasteiger partial charge in [-0.05, 0) is 18.1 Å². The largest absolute Gasteiger partial charge is 0.311 e. The van der Waals surface area contributed by atoms with Crippen molar-refractivity contribution in [3.8, 4) is 0 Å². The van der Waals surface area contributed by atoms with Crippen LogP contribution in [0.1, 0.15) is 43.2 Å². The van der Waals surface area contributed by atoms with E-state index < -0.39 is 0 Å². The maximum Gasteiger partial charge on any atom is 0.227 e. The Morgan fingerprint density at radius 3 is 2.88 bits per heavy atom. The summed E-state index contributed by atoms with van der Waals surface area (Å²) >= 11 is 1.35. The minimum Gasteiger partial charge on any atom is -0.311 e. The third kappa shape index (κ3) is 3.31. The molecule has 0 bridgehead atoms. The molecule has 0 spiro atoms. The Balaban J connectivity index is 1.76. The van der Waals surface area contributed by atoms with Crippen LogP contribution in [0.15, 0.2) is 24.3 Å². The van der Waals surface area contributed by atoms with E-state index in [0.717, 1.165) is 17.1 Å². The van der Waals surface area contributed by atoms with Crippen molar-refractivity contribution in [1.82, 2.24) is 10.2 Å². The standard InChI is InChI=1S/C17H20N4O2S/c1-3-11-7-5-6-8-13(11)21-10-12(9-15(21)23)16-19-20-17(24-16)18-14(22)4-2/h5-8,12H,3-4,9-10H2,1-2H3,(H,18,20,22)/t12-/m1/s1. The van der Waals surface area contributed by atoms with Crippen molar-refractivity contribution in [2.45, 2.75) is 39.0 Å². The summed E-state index contributed by atoms with van der Waals surface area (Å²) in [4.78, 5) is 25.7. The Morgan fingerprint density at radius 1 is 1.33 bits per heavy atom. The first-order valence-corrected chi connectivity index (χ1v) is 8.95. The van der Waals surface area contributed by atoms with Crippen LogP contribution in [0.2, 0.25) is 0 Å². The quantitative estimate of drug-likeness (QED) is 0.905. The number of carbonyl (C=O) groups is 2. The molecule has 0 saturated carbocycles. The highest BCUT2D eigenvalue weighted by Crippen LogP contribution is 2.35. The van der Waals surface area contributed by atoms with Crippen LogP contribution >= 0.6 is 11.3 Å². The number of anilines is 2. The maximum absolute atomic E-state index is 12.5. The minimum atomic E-state index is -0.0845. The molecule has 3 rings (SSSR count). The molecule has 1 aliphatic rings. The minimum absolute atomic E-state index is 0.0205. The average molecular weight is 344 g/mol. The molecule has 24 heavy (non-hydrogen) atoms. The van der Waals surface area contributed by atoms with Crippen molar-refractivity contribution in [2.75, 3.05) is 16.8 Å². The number of aryl methyl sites for hydroxylation is 1. The molecule has 2 amide bonds. The number of nitrogens with zero attached hydrogens (tertiary/aromatic N) is 3. The molecule has 0 radical (unpaired) electrons. The molecular formula is C17H20N4O2S. The fourth-order valence-electron chi connectivity index (χ4n) is 2.84. The molecule has 0 aliphatic carbocycles. The number of benzene rings is 1. The molecule has 0 unspecified atom stereocenters.